The van der Waals surface area contributed by atoms with E-state index in [-0.39, 0.29) is 17.5 Å². The summed E-state index contributed by atoms with van der Waals surface area (Å²) in [7, 11) is 0. The maximum Gasteiger partial charge on any atom is 0.339 e. The lowest BCUT2D eigenvalue weighted by Gasteiger charge is -2.24. The second-order valence-corrected chi connectivity index (χ2v) is 6.99. The zero-order chi connectivity index (χ0) is 21.2. The van der Waals surface area contributed by atoms with Crippen molar-refractivity contribution in [3.05, 3.63) is 17.7 Å². The minimum Gasteiger partial charge on any atom is -0.490 e. The van der Waals surface area contributed by atoms with Gasteiger partial charge in [-0.2, -0.15) is 0 Å². The van der Waals surface area contributed by atoms with Gasteiger partial charge in [-0.05, 0) is 52.7 Å². The first-order chi connectivity index (χ1) is 14.0. The van der Waals surface area contributed by atoms with Crippen molar-refractivity contribution in [2.24, 2.45) is 0 Å². The van der Waals surface area contributed by atoms with Gasteiger partial charge < -0.3 is 24.3 Å². The number of esters is 1. The van der Waals surface area contributed by atoms with E-state index >= 15 is 0 Å². The summed E-state index contributed by atoms with van der Waals surface area (Å²) in [6.07, 6.45) is 4.50. The van der Waals surface area contributed by atoms with Crippen LogP contribution in [0.25, 0.3) is 0 Å². The molecule has 0 bridgehead atoms. The first-order valence-electron chi connectivity index (χ1n) is 10.6. The molecule has 2 rings (SSSR count). The minimum atomic E-state index is -0.887. The van der Waals surface area contributed by atoms with Gasteiger partial charge in [-0.1, -0.05) is 19.3 Å². The standard InChI is InChI=1S/C22H33NO6/c1-5-26-18-13-16(14-19(27-6-2)20(18)28-7-3)22(25)29-15(4)21(24)23-17-11-9-8-10-12-17/h13-15,17H,5-12H2,1-4H3,(H,23,24)/t15-/m0/s1. The van der Waals surface area contributed by atoms with Crippen LogP contribution in [0.1, 0.15) is 70.2 Å². The van der Waals surface area contributed by atoms with Crippen LogP contribution in [0.5, 0.6) is 17.2 Å². The van der Waals surface area contributed by atoms with E-state index < -0.39 is 12.1 Å². The lowest BCUT2D eigenvalue weighted by molar-refractivity contribution is -0.130. The summed E-state index contributed by atoms with van der Waals surface area (Å²) in [4.78, 5) is 25.1. The summed E-state index contributed by atoms with van der Waals surface area (Å²) in [5.41, 5.74) is 0.248. The number of carbonyl (C=O) groups excluding carboxylic acids is 2. The molecule has 1 N–H and O–H groups in total. The fourth-order valence-corrected chi connectivity index (χ4v) is 3.35. The van der Waals surface area contributed by atoms with E-state index in [1.54, 1.807) is 19.1 Å². The Kier molecular flexibility index (Phi) is 9.09. The molecule has 0 heterocycles. The van der Waals surface area contributed by atoms with Crippen molar-refractivity contribution in [1.29, 1.82) is 0 Å². The van der Waals surface area contributed by atoms with E-state index in [0.29, 0.717) is 37.1 Å². The molecule has 0 aromatic heterocycles. The quantitative estimate of drug-likeness (QED) is 0.593. The summed E-state index contributed by atoms with van der Waals surface area (Å²) in [6.45, 7) is 8.38. The highest BCUT2D eigenvalue weighted by molar-refractivity contribution is 5.93. The maximum atomic E-state index is 12.7. The Labute approximate surface area is 173 Å². The van der Waals surface area contributed by atoms with Crippen molar-refractivity contribution in [2.75, 3.05) is 19.8 Å². The maximum absolute atomic E-state index is 12.7. The molecule has 1 saturated carbocycles. The Morgan fingerprint density at radius 2 is 1.52 bits per heavy atom. The summed E-state index contributed by atoms with van der Waals surface area (Å²) in [5.74, 6) is 0.390. The second-order valence-electron chi connectivity index (χ2n) is 6.99. The molecule has 0 spiro atoms. The predicted octanol–water partition coefficient (Wildman–Crippen LogP) is 3.88. The number of benzene rings is 1. The van der Waals surface area contributed by atoms with Gasteiger partial charge in [0.05, 0.1) is 25.4 Å². The third-order valence-electron chi connectivity index (χ3n) is 4.75. The molecule has 1 aromatic carbocycles. The molecule has 1 amide bonds. The number of rotatable bonds is 10. The normalized spacial score (nSPS) is 15.3. The molecule has 0 aliphatic heterocycles. The third-order valence-corrected chi connectivity index (χ3v) is 4.75. The van der Waals surface area contributed by atoms with E-state index in [2.05, 4.69) is 5.32 Å². The summed E-state index contributed by atoms with van der Waals surface area (Å²) in [5, 5.41) is 2.98. The van der Waals surface area contributed by atoms with Crippen molar-refractivity contribution in [3.63, 3.8) is 0 Å². The number of amides is 1. The van der Waals surface area contributed by atoms with E-state index in [9.17, 15) is 9.59 Å². The molecule has 0 saturated heterocycles. The molecule has 1 aromatic rings. The van der Waals surface area contributed by atoms with E-state index in [4.69, 9.17) is 18.9 Å². The first-order valence-corrected chi connectivity index (χ1v) is 10.6. The van der Waals surface area contributed by atoms with Gasteiger partial charge in [-0.15, -0.1) is 0 Å². The lowest BCUT2D eigenvalue weighted by Crippen LogP contribution is -2.42. The van der Waals surface area contributed by atoms with Crippen LogP contribution in [0.2, 0.25) is 0 Å². The minimum absolute atomic E-state index is 0.164. The van der Waals surface area contributed by atoms with Crippen LogP contribution < -0.4 is 19.5 Å². The number of hydrogen-bond donors (Lipinski definition) is 1. The van der Waals surface area contributed by atoms with Crippen LogP contribution in [-0.2, 0) is 9.53 Å². The van der Waals surface area contributed by atoms with Crippen LogP contribution in [-0.4, -0.2) is 43.8 Å². The largest absolute Gasteiger partial charge is 0.490 e. The van der Waals surface area contributed by atoms with Crippen molar-refractivity contribution in [1.82, 2.24) is 5.32 Å². The average molecular weight is 408 g/mol. The van der Waals surface area contributed by atoms with Crippen molar-refractivity contribution < 1.29 is 28.5 Å². The van der Waals surface area contributed by atoms with Crippen LogP contribution in [0.3, 0.4) is 0 Å². The van der Waals surface area contributed by atoms with Crippen LogP contribution in [0.4, 0.5) is 0 Å². The van der Waals surface area contributed by atoms with Gasteiger partial charge in [-0.25, -0.2) is 4.79 Å². The zero-order valence-electron chi connectivity index (χ0n) is 17.9. The molecular formula is C22H33NO6. The molecule has 0 radical (unpaired) electrons. The monoisotopic (exact) mass is 407 g/mol. The molecule has 7 heteroatoms. The molecule has 1 aliphatic rings. The molecule has 1 atom stereocenters. The highest BCUT2D eigenvalue weighted by atomic mass is 16.6. The smallest absolute Gasteiger partial charge is 0.339 e. The Hall–Kier alpha value is -2.44. The van der Waals surface area contributed by atoms with E-state index in [1.165, 1.54) is 6.42 Å². The molecule has 7 nitrogen and oxygen atoms in total. The van der Waals surface area contributed by atoms with Gasteiger partial charge in [0.1, 0.15) is 0 Å². The van der Waals surface area contributed by atoms with Crippen molar-refractivity contribution in [3.8, 4) is 17.2 Å². The second kappa shape index (κ2) is 11.5. The zero-order valence-corrected chi connectivity index (χ0v) is 17.9. The van der Waals surface area contributed by atoms with Crippen LogP contribution in [0.15, 0.2) is 12.1 Å². The fraction of sp³-hybridized carbons (Fsp3) is 0.636. The predicted molar refractivity (Wildman–Crippen MR) is 110 cm³/mol. The van der Waals surface area contributed by atoms with Crippen molar-refractivity contribution in [2.45, 2.75) is 71.9 Å². The molecule has 0 unspecified atom stereocenters. The molecule has 1 aliphatic carbocycles. The number of nitrogens with one attached hydrogen (secondary N) is 1. The Balaban J connectivity index is 2.12. The van der Waals surface area contributed by atoms with Gasteiger partial charge in [0, 0.05) is 6.04 Å². The molecule has 29 heavy (non-hydrogen) atoms. The van der Waals surface area contributed by atoms with Gasteiger partial charge in [0.2, 0.25) is 5.75 Å². The summed E-state index contributed by atoms with van der Waals surface area (Å²) >= 11 is 0. The van der Waals surface area contributed by atoms with Gasteiger partial charge in [0.15, 0.2) is 17.6 Å². The molecular weight excluding hydrogens is 374 g/mol. The number of carbonyl (C=O) groups is 2. The SMILES string of the molecule is CCOc1cc(C(=O)O[C@@H](C)C(=O)NC2CCCCC2)cc(OCC)c1OCC. The number of hydrogen-bond acceptors (Lipinski definition) is 6. The highest BCUT2D eigenvalue weighted by Gasteiger charge is 2.25. The van der Waals surface area contributed by atoms with Gasteiger partial charge in [-0.3, -0.25) is 4.79 Å². The molecule has 162 valence electrons. The molecule has 1 fully saturated rings. The first kappa shape index (κ1) is 22.8. The third kappa shape index (κ3) is 6.54. The Morgan fingerprint density at radius 3 is 2.03 bits per heavy atom. The van der Waals surface area contributed by atoms with Crippen LogP contribution in [0, 0.1) is 0 Å². The summed E-state index contributed by atoms with van der Waals surface area (Å²) in [6, 6.07) is 3.29. The topological polar surface area (TPSA) is 83.1 Å². The Morgan fingerprint density at radius 1 is 0.966 bits per heavy atom. The van der Waals surface area contributed by atoms with E-state index in [0.717, 1.165) is 25.7 Å². The van der Waals surface area contributed by atoms with Crippen LogP contribution >= 0.6 is 0 Å². The lowest BCUT2D eigenvalue weighted by atomic mass is 9.95. The number of ether oxygens (including phenoxy) is 4. The van der Waals surface area contributed by atoms with E-state index in [1.807, 2.05) is 20.8 Å². The van der Waals surface area contributed by atoms with Gasteiger partial charge >= 0.3 is 5.97 Å². The summed E-state index contributed by atoms with van der Waals surface area (Å²) < 4.78 is 22.3. The average Bonchev–Trinajstić information content (AvgIpc) is 2.71. The fourth-order valence-electron chi connectivity index (χ4n) is 3.35. The highest BCUT2D eigenvalue weighted by Crippen LogP contribution is 2.39. The van der Waals surface area contributed by atoms with Crippen molar-refractivity contribution >= 4 is 11.9 Å². The van der Waals surface area contributed by atoms with Gasteiger partial charge in [0.25, 0.3) is 5.91 Å². The Bertz CT molecular complexity index is 657.